The number of thioether (sulfide) groups is 1. The standard InChI is InChI=1S/C23H26N2O4S2/c1-5-25-22(27)20-15-8-6-13(2)10-19(15)31-21(20)24-23(25)30-12-16(26)14-7-9-17(28-3)18(11-14)29-4/h7,9,11,13H,5-6,8,10,12H2,1-4H3. The number of hydrogen-bond acceptors (Lipinski definition) is 7. The lowest BCUT2D eigenvalue weighted by molar-refractivity contribution is 0.102. The van der Waals surface area contributed by atoms with Crippen LogP contribution in [-0.2, 0) is 19.4 Å². The van der Waals surface area contributed by atoms with Crippen LogP contribution >= 0.6 is 23.1 Å². The molecule has 0 spiro atoms. The molecule has 0 aliphatic heterocycles. The maximum atomic E-state index is 13.3. The summed E-state index contributed by atoms with van der Waals surface area (Å²) in [6.07, 6.45) is 3.07. The Labute approximate surface area is 189 Å². The van der Waals surface area contributed by atoms with E-state index in [0.29, 0.717) is 34.7 Å². The van der Waals surface area contributed by atoms with E-state index in [1.165, 1.54) is 22.2 Å². The van der Waals surface area contributed by atoms with E-state index in [9.17, 15) is 9.59 Å². The molecule has 0 amide bonds. The largest absolute Gasteiger partial charge is 0.493 e. The highest BCUT2D eigenvalue weighted by molar-refractivity contribution is 7.99. The number of methoxy groups -OCH3 is 2. The van der Waals surface area contributed by atoms with E-state index in [4.69, 9.17) is 14.5 Å². The second-order valence-electron chi connectivity index (χ2n) is 7.76. The minimum Gasteiger partial charge on any atom is -0.493 e. The molecule has 0 saturated heterocycles. The van der Waals surface area contributed by atoms with Crippen LogP contribution in [0.1, 0.15) is 41.1 Å². The van der Waals surface area contributed by atoms with Gasteiger partial charge in [-0.15, -0.1) is 11.3 Å². The van der Waals surface area contributed by atoms with Gasteiger partial charge in [0, 0.05) is 17.0 Å². The van der Waals surface area contributed by atoms with Gasteiger partial charge in [0.25, 0.3) is 5.56 Å². The number of thiophene rings is 1. The number of ether oxygens (including phenoxy) is 2. The second kappa shape index (κ2) is 9.04. The molecule has 1 atom stereocenters. The minimum atomic E-state index is -0.0535. The molecule has 164 valence electrons. The van der Waals surface area contributed by atoms with Crippen molar-refractivity contribution in [3.8, 4) is 11.5 Å². The van der Waals surface area contributed by atoms with Gasteiger partial charge in [0.05, 0.1) is 25.4 Å². The third-order valence-electron chi connectivity index (χ3n) is 5.73. The zero-order valence-electron chi connectivity index (χ0n) is 18.2. The van der Waals surface area contributed by atoms with Gasteiger partial charge in [-0.25, -0.2) is 4.98 Å². The molecule has 3 aromatic rings. The van der Waals surface area contributed by atoms with E-state index in [0.717, 1.165) is 29.5 Å². The number of rotatable bonds is 7. The molecule has 0 radical (unpaired) electrons. The molecule has 2 heterocycles. The van der Waals surface area contributed by atoms with Gasteiger partial charge in [-0.2, -0.15) is 0 Å². The van der Waals surface area contributed by atoms with Crippen molar-refractivity contribution in [3.05, 3.63) is 44.6 Å². The Morgan fingerprint density at radius 3 is 2.77 bits per heavy atom. The van der Waals surface area contributed by atoms with Crippen LogP contribution in [0.15, 0.2) is 28.2 Å². The Hall–Kier alpha value is -2.32. The molecule has 0 bridgehead atoms. The van der Waals surface area contributed by atoms with Crippen molar-refractivity contribution in [2.75, 3.05) is 20.0 Å². The van der Waals surface area contributed by atoms with Crippen LogP contribution in [0.25, 0.3) is 10.2 Å². The molecule has 6 nitrogen and oxygen atoms in total. The predicted octanol–water partition coefficient (Wildman–Crippen LogP) is 4.59. The number of carbonyl (C=O) groups is 1. The SMILES string of the molecule is CCn1c(SCC(=O)c2ccc(OC)c(OC)c2)nc2sc3c(c2c1=O)CCC(C)C3. The smallest absolute Gasteiger partial charge is 0.263 e. The normalized spacial score (nSPS) is 15.7. The molecule has 1 aliphatic carbocycles. The van der Waals surface area contributed by atoms with Gasteiger partial charge in [0.1, 0.15) is 4.83 Å². The zero-order chi connectivity index (χ0) is 22.1. The fraction of sp³-hybridized carbons (Fsp3) is 0.435. The maximum Gasteiger partial charge on any atom is 0.263 e. The summed E-state index contributed by atoms with van der Waals surface area (Å²) in [5.41, 5.74) is 1.74. The van der Waals surface area contributed by atoms with E-state index in [-0.39, 0.29) is 17.1 Å². The van der Waals surface area contributed by atoms with Crippen LogP contribution in [0.3, 0.4) is 0 Å². The number of fused-ring (bicyclic) bond motifs is 3. The van der Waals surface area contributed by atoms with Crippen molar-refractivity contribution in [1.29, 1.82) is 0 Å². The zero-order valence-corrected chi connectivity index (χ0v) is 19.8. The molecule has 1 aliphatic rings. The van der Waals surface area contributed by atoms with Crippen molar-refractivity contribution in [2.45, 2.75) is 44.8 Å². The molecular formula is C23H26N2O4S2. The Kier molecular flexibility index (Phi) is 6.39. The van der Waals surface area contributed by atoms with Crippen LogP contribution in [0.5, 0.6) is 11.5 Å². The summed E-state index contributed by atoms with van der Waals surface area (Å²) >= 11 is 2.95. The molecule has 1 aromatic carbocycles. The van der Waals surface area contributed by atoms with Crippen molar-refractivity contribution >= 4 is 39.1 Å². The first-order valence-electron chi connectivity index (χ1n) is 10.4. The summed E-state index contributed by atoms with van der Waals surface area (Å²) < 4.78 is 12.2. The topological polar surface area (TPSA) is 70.4 Å². The van der Waals surface area contributed by atoms with E-state index < -0.39 is 0 Å². The van der Waals surface area contributed by atoms with Gasteiger partial charge in [-0.3, -0.25) is 14.2 Å². The third kappa shape index (κ3) is 4.11. The van der Waals surface area contributed by atoms with Crippen molar-refractivity contribution in [1.82, 2.24) is 9.55 Å². The fourth-order valence-corrected chi connectivity index (χ4v) is 6.40. The van der Waals surface area contributed by atoms with Crippen molar-refractivity contribution in [3.63, 3.8) is 0 Å². The molecular weight excluding hydrogens is 432 g/mol. The number of nitrogens with zero attached hydrogens (tertiary/aromatic N) is 2. The first-order chi connectivity index (χ1) is 15.0. The van der Waals surface area contributed by atoms with Crippen molar-refractivity contribution < 1.29 is 14.3 Å². The number of ketones is 1. The Morgan fingerprint density at radius 1 is 1.29 bits per heavy atom. The first-order valence-corrected chi connectivity index (χ1v) is 12.2. The summed E-state index contributed by atoms with van der Waals surface area (Å²) in [7, 11) is 3.10. The summed E-state index contributed by atoms with van der Waals surface area (Å²) in [4.78, 5) is 33.0. The number of Topliss-reactive ketones (excluding diaryl/α,β-unsaturated/α-hetero) is 1. The van der Waals surface area contributed by atoms with Crippen LogP contribution in [0, 0.1) is 5.92 Å². The monoisotopic (exact) mass is 458 g/mol. The number of aromatic nitrogens is 2. The lowest BCUT2D eigenvalue weighted by atomic mass is 9.89. The Bertz CT molecular complexity index is 1200. The van der Waals surface area contributed by atoms with Crippen LogP contribution in [-0.4, -0.2) is 35.3 Å². The van der Waals surface area contributed by atoms with E-state index in [1.54, 1.807) is 48.3 Å². The average molecular weight is 459 g/mol. The van der Waals surface area contributed by atoms with Gasteiger partial charge < -0.3 is 9.47 Å². The summed E-state index contributed by atoms with van der Waals surface area (Å²) in [5, 5.41) is 1.38. The Morgan fingerprint density at radius 2 is 2.06 bits per heavy atom. The fourth-order valence-electron chi connectivity index (χ4n) is 4.02. The molecule has 31 heavy (non-hydrogen) atoms. The highest BCUT2D eigenvalue weighted by Crippen LogP contribution is 2.36. The van der Waals surface area contributed by atoms with Crippen LogP contribution in [0.2, 0.25) is 0 Å². The van der Waals surface area contributed by atoms with Crippen LogP contribution < -0.4 is 15.0 Å². The second-order valence-corrected chi connectivity index (χ2v) is 9.78. The number of benzene rings is 1. The van der Waals surface area contributed by atoms with Gasteiger partial charge in [-0.05, 0) is 55.9 Å². The summed E-state index contributed by atoms with van der Waals surface area (Å²) in [6.45, 7) is 4.72. The average Bonchev–Trinajstić information content (AvgIpc) is 3.14. The van der Waals surface area contributed by atoms with Gasteiger partial charge >= 0.3 is 0 Å². The lowest BCUT2D eigenvalue weighted by Crippen LogP contribution is -2.23. The minimum absolute atomic E-state index is 0.0145. The van der Waals surface area contributed by atoms with E-state index >= 15 is 0 Å². The molecule has 0 N–H and O–H groups in total. The summed E-state index contributed by atoms with van der Waals surface area (Å²) in [5.74, 6) is 1.87. The maximum absolute atomic E-state index is 13.3. The highest BCUT2D eigenvalue weighted by Gasteiger charge is 2.24. The van der Waals surface area contributed by atoms with E-state index in [2.05, 4.69) is 6.92 Å². The quantitative estimate of drug-likeness (QED) is 0.293. The molecule has 2 aromatic heterocycles. The predicted molar refractivity (Wildman–Crippen MR) is 125 cm³/mol. The number of carbonyl (C=O) groups excluding carboxylic acids is 1. The first kappa shape index (κ1) is 21.9. The third-order valence-corrected chi connectivity index (χ3v) is 7.86. The molecule has 1 unspecified atom stereocenters. The highest BCUT2D eigenvalue weighted by atomic mass is 32.2. The Balaban J connectivity index is 1.63. The number of hydrogen-bond donors (Lipinski definition) is 0. The van der Waals surface area contributed by atoms with Crippen molar-refractivity contribution in [2.24, 2.45) is 5.92 Å². The lowest BCUT2D eigenvalue weighted by Gasteiger charge is -2.17. The molecule has 0 saturated carbocycles. The van der Waals surface area contributed by atoms with Gasteiger partial charge in [0.2, 0.25) is 0 Å². The molecule has 0 fully saturated rings. The number of aryl methyl sites for hydroxylation is 1. The van der Waals surface area contributed by atoms with Gasteiger partial charge in [0.15, 0.2) is 22.4 Å². The van der Waals surface area contributed by atoms with Gasteiger partial charge in [-0.1, -0.05) is 18.7 Å². The van der Waals surface area contributed by atoms with E-state index in [1.807, 2.05) is 6.92 Å². The van der Waals surface area contributed by atoms with Crippen LogP contribution in [0.4, 0.5) is 0 Å². The molecule has 8 heteroatoms. The summed E-state index contributed by atoms with van der Waals surface area (Å²) in [6, 6.07) is 5.13. The molecule has 4 rings (SSSR count).